The number of thioether (sulfide) groups is 1. The van der Waals surface area contributed by atoms with Crippen molar-refractivity contribution < 1.29 is 9.90 Å². The molecule has 1 N–H and O–H groups in total. The number of hydrogen-bond donors (Lipinski definition) is 1. The quantitative estimate of drug-likeness (QED) is 0.855. The maximum Gasteiger partial charge on any atom is 0.365 e. The van der Waals surface area contributed by atoms with Crippen molar-refractivity contribution in [3.63, 3.8) is 0 Å². The van der Waals surface area contributed by atoms with Gasteiger partial charge in [0.1, 0.15) is 0 Å². The van der Waals surface area contributed by atoms with Crippen molar-refractivity contribution in [2.75, 3.05) is 0 Å². The summed E-state index contributed by atoms with van der Waals surface area (Å²) >= 11 is 4.53. The van der Waals surface area contributed by atoms with Gasteiger partial charge in [0.15, 0.2) is 0 Å². The van der Waals surface area contributed by atoms with Crippen LogP contribution in [0.2, 0.25) is 0 Å². The van der Waals surface area contributed by atoms with E-state index in [0.717, 1.165) is 11.4 Å². The van der Waals surface area contributed by atoms with Crippen molar-refractivity contribution in [1.29, 1.82) is 0 Å². The fourth-order valence-electron chi connectivity index (χ4n) is 0.962. The summed E-state index contributed by atoms with van der Waals surface area (Å²) in [5.74, 6) is -0.225. The van der Waals surface area contributed by atoms with E-state index in [0.29, 0.717) is 0 Å². The lowest BCUT2D eigenvalue weighted by Crippen LogP contribution is -1.94. The Bertz CT molecular complexity index is 450. The molecule has 0 amide bonds. The highest BCUT2D eigenvalue weighted by atomic mass is 32.2. The molecule has 2 heterocycles. The van der Waals surface area contributed by atoms with Gasteiger partial charge >= 0.3 is 5.97 Å². The van der Waals surface area contributed by atoms with E-state index in [2.05, 4.69) is 4.98 Å². The molecule has 78 valence electrons. The zero-order valence-corrected chi connectivity index (χ0v) is 9.99. The highest BCUT2D eigenvalue weighted by Gasteiger charge is 2.08. The molecule has 2 aromatic heterocycles. The minimum atomic E-state index is -0.952. The normalized spacial score (nSPS) is 10.4. The molecule has 0 fully saturated rings. The number of hydrogen-bond acceptors (Lipinski definition) is 5. The van der Waals surface area contributed by atoms with Crippen LogP contribution in [-0.2, 0) is 5.75 Å². The van der Waals surface area contributed by atoms with Gasteiger partial charge in [-0.1, -0.05) is 6.07 Å². The molecular formula is C9H7NO2S3. The highest BCUT2D eigenvalue weighted by molar-refractivity contribution is 8.00. The van der Waals surface area contributed by atoms with Crippen LogP contribution in [0.5, 0.6) is 0 Å². The molecule has 0 unspecified atom stereocenters. The first-order valence-corrected chi connectivity index (χ1v) is 6.84. The Morgan fingerprint density at radius 1 is 1.53 bits per heavy atom. The van der Waals surface area contributed by atoms with E-state index in [9.17, 15) is 4.79 Å². The van der Waals surface area contributed by atoms with Crippen LogP contribution in [0.1, 0.15) is 15.5 Å². The van der Waals surface area contributed by atoms with E-state index in [-0.39, 0.29) is 5.01 Å². The number of thiophene rings is 1. The van der Waals surface area contributed by atoms with Crippen LogP contribution in [-0.4, -0.2) is 16.1 Å². The Kier molecular flexibility index (Phi) is 3.40. The van der Waals surface area contributed by atoms with Crippen molar-refractivity contribution in [3.8, 4) is 0 Å². The molecule has 3 nitrogen and oxygen atoms in total. The van der Waals surface area contributed by atoms with Crippen LogP contribution >= 0.6 is 34.4 Å². The van der Waals surface area contributed by atoms with Crippen molar-refractivity contribution in [2.45, 2.75) is 9.96 Å². The summed E-state index contributed by atoms with van der Waals surface area (Å²) in [5.41, 5.74) is 0.829. The molecule has 0 atom stereocenters. The second-order valence-electron chi connectivity index (χ2n) is 2.67. The predicted octanol–water partition coefficient (Wildman–Crippen LogP) is 3.20. The molecule has 0 bridgehead atoms. The van der Waals surface area contributed by atoms with Crippen LogP contribution in [0.3, 0.4) is 0 Å². The van der Waals surface area contributed by atoms with E-state index >= 15 is 0 Å². The molecule has 15 heavy (non-hydrogen) atoms. The van der Waals surface area contributed by atoms with Crippen LogP contribution in [0.4, 0.5) is 0 Å². The molecule has 0 aliphatic heterocycles. The van der Waals surface area contributed by atoms with Gasteiger partial charge in [0.05, 0.1) is 9.90 Å². The topological polar surface area (TPSA) is 50.2 Å². The van der Waals surface area contributed by atoms with E-state index in [1.165, 1.54) is 15.5 Å². The molecule has 0 radical (unpaired) electrons. The van der Waals surface area contributed by atoms with Gasteiger partial charge in [-0.3, -0.25) is 0 Å². The Hall–Kier alpha value is -0.850. The molecule has 6 heteroatoms. The average Bonchev–Trinajstić information content (AvgIpc) is 2.86. The fraction of sp³-hybridized carbons (Fsp3) is 0.111. The third-order valence-corrected chi connectivity index (χ3v) is 4.64. The zero-order chi connectivity index (χ0) is 10.7. The Labute approximate surface area is 98.8 Å². The first-order chi connectivity index (χ1) is 7.25. The van der Waals surface area contributed by atoms with Crippen LogP contribution < -0.4 is 0 Å². The minimum Gasteiger partial charge on any atom is -0.476 e. The number of aromatic nitrogens is 1. The summed E-state index contributed by atoms with van der Waals surface area (Å²) in [6.07, 6.45) is 0. The van der Waals surface area contributed by atoms with Gasteiger partial charge in [-0.05, 0) is 11.4 Å². The highest BCUT2D eigenvalue weighted by Crippen LogP contribution is 2.27. The largest absolute Gasteiger partial charge is 0.476 e. The van der Waals surface area contributed by atoms with Crippen LogP contribution in [0.25, 0.3) is 0 Å². The zero-order valence-electron chi connectivity index (χ0n) is 7.54. The van der Waals surface area contributed by atoms with Gasteiger partial charge in [0.25, 0.3) is 0 Å². The van der Waals surface area contributed by atoms with Gasteiger partial charge < -0.3 is 5.11 Å². The number of rotatable bonds is 4. The number of thiazole rings is 1. The molecule has 0 saturated carbocycles. The first kappa shape index (κ1) is 10.7. The molecule has 0 aromatic carbocycles. The third-order valence-electron chi connectivity index (χ3n) is 1.59. The molecule has 2 aromatic rings. The summed E-state index contributed by atoms with van der Waals surface area (Å²) in [7, 11) is 0. The number of carboxylic acids is 1. The first-order valence-electron chi connectivity index (χ1n) is 4.09. The summed E-state index contributed by atoms with van der Waals surface area (Å²) < 4.78 is 1.22. The van der Waals surface area contributed by atoms with E-state index < -0.39 is 5.97 Å². The predicted molar refractivity (Wildman–Crippen MR) is 63.0 cm³/mol. The Morgan fingerprint density at radius 2 is 2.40 bits per heavy atom. The van der Waals surface area contributed by atoms with E-state index in [1.54, 1.807) is 28.5 Å². The number of carboxylic acid groups (broad SMARTS) is 1. The van der Waals surface area contributed by atoms with Crippen molar-refractivity contribution >= 4 is 40.4 Å². The number of nitrogens with zero attached hydrogens (tertiary/aromatic N) is 1. The fourth-order valence-corrected chi connectivity index (χ4v) is 3.40. The SMILES string of the molecule is O=C(O)c1nc(CSc2cccs2)cs1. The van der Waals surface area contributed by atoms with Crippen molar-refractivity contribution in [2.24, 2.45) is 0 Å². The Morgan fingerprint density at radius 3 is 3.00 bits per heavy atom. The van der Waals surface area contributed by atoms with Gasteiger partial charge in [-0.25, -0.2) is 9.78 Å². The molecular weight excluding hydrogens is 250 g/mol. The monoisotopic (exact) mass is 257 g/mol. The minimum absolute atomic E-state index is 0.164. The Balaban J connectivity index is 1.96. The number of carbonyl (C=O) groups is 1. The van der Waals surface area contributed by atoms with Crippen LogP contribution in [0, 0.1) is 0 Å². The lowest BCUT2D eigenvalue weighted by atomic mass is 10.6. The van der Waals surface area contributed by atoms with Crippen LogP contribution in [0.15, 0.2) is 27.1 Å². The average molecular weight is 257 g/mol. The summed E-state index contributed by atoms with van der Waals surface area (Å²) in [6, 6.07) is 4.04. The van der Waals surface area contributed by atoms with Gasteiger partial charge in [-0.15, -0.1) is 34.4 Å². The van der Waals surface area contributed by atoms with Crippen molar-refractivity contribution in [3.05, 3.63) is 33.6 Å². The summed E-state index contributed by atoms with van der Waals surface area (Å²) in [6.45, 7) is 0. The second-order valence-corrected chi connectivity index (χ2v) is 5.75. The maximum atomic E-state index is 10.6. The smallest absolute Gasteiger partial charge is 0.365 e. The second kappa shape index (κ2) is 4.78. The molecule has 0 saturated heterocycles. The molecule has 0 aliphatic rings. The lowest BCUT2D eigenvalue weighted by Gasteiger charge is -1.93. The molecule has 0 spiro atoms. The third kappa shape index (κ3) is 2.80. The lowest BCUT2D eigenvalue weighted by molar-refractivity contribution is 0.0696. The molecule has 2 rings (SSSR count). The van der Waals surface area contributed by atoms with Gasteiger partial charge in [0.2, 0.25) is 5.01 Å². The number of aromatic carboxylic acids is 1. The summed E-state index contributed by atoms with van der Waals surface area (Å²) in [4.78, 5) is 14.6. The van der Waals surface area contributed by atoms with E-state index in [1.807, 2.05) is 17.5 Å². The van der Waals surface area contributed by atoms with Gasteiger partial charge in [-0.2, -0.15) is 0 Å². The van der Waals surface area contributed by atoms with Gasteiger partial charge in [0, 0.05) is 11.1 Å². The summed E-state index contributed by atoms with van der Waals surface area (Å²) in [5, 5.41) is 12.7. The standard InChI is InChI=1S/C9H7NO2S3/c11-9(12)8-10-6(5-15-8)4-14-7-2-1-3-13-7/h1-3,5H,4H2,(H,11,12). The van der Waals surface area contributed by atoms with E-state index in [4.69, 9.17) is 5.11 Å². The van der Waals surface area contributed by atoms with Crippen molar-refractivity contribution in [1.82, 2.24) is 4.98 Å². The maximum absolute atomic E-state index is 10.6. The molecule has 0 aliphatic carbocycles.